The van der Waals surface area contributed by atoms with Crippen molar-refractivity contribution in [3.63, 3.8) is 0 Å². The molecule has 6 heteroatoms. The number of hydrogen-bond donors (Lipinski definition) is 2. The Hall–Kier alpha value is -2.34. The zero-order chi connectivity index (χ0) is 19.0. The fourth-order valence-electron chi connectivity index (χ4n) is 2.68. The average molecular weight is 358 g/mol. The number of aromatic nitrogens is 2. The lowest BCUT2D eigenvalue weighted by Gasteiger charge is -2.26. The fourth-order valence-corrected chi connectivity index (χ4v) is 2.68. The summed E-state index contributed by atoms with van der Waals surface area (Å²) in [4.78, 5) is 6.70. The molecule has 1 aromatic carbocycles. The summed E-state index contributed by atoms with van der Waals surface area (Å²) in [6, 6.07) is 10.1. The SMILES string of the molecule is CCNC(=NCC(O)(CC)CC)N(C)Cc1cnn(-c2ccccc2)c1. The van der Waals surface area contributed by atoms with E-state index in [-0.39, 0.29) is 0 Å². The van der Waals surface area contributed by atoms with Gasteiger partial charge in [0.2, 0.25) is 0 Å². The molecular weight excluding hydrogens is 326 g/mol. The molecule has 0 saturated heterocycles. The van der Waals surface area contributed by atoms with Gasteiger partial charge in [-0.2, -0.15) is 5.10 Å². The van der Waals surface area contributed by atoms with Crippen molar-refractivity contribution >= 4 is 5.96 Å². The first kappa shape index (κ1) is 20.0. The van der Waals surface area contributed by atoms with Gasteiger partial charge in [0.1, 0.15) is 0 Å². The molecule has 0 aliphatic carbocycles. The predicted octanol–water partition coefficient (Wildman–Crippen LogP) is 2.82. The van der Waals surface area contributed by atoms with Gasteiger partial charge in [-0.3, -0.25) is 4.99 Å². The van der Waals surface area contributed by atoms with Gasteiger partial charge < -0.3 is 15.3 Å². The van der Waals surface area contributed by atoms with Crippen LogP contribution in [0.1, 0.15) is 39.2 Å². The van der Waals surface area contributed by atoms with E-state index in [0.29, 0.717) is 25.9 Å². The van der Waals surface area contributed by atoms with Crippen LogP contribution in [0.25, 0.3) is 5.69 Å². The van der Waals surface area contributed by atoms with Crippen LogP contribution in [-0.4, -0.2) is 51.5 Å². The Kier molecular flexibility index (Phi) is 7.21. The normalized spacial score (nSPS) is 12.3. The summed E-state index contributed by atoms with van der Waals surface area (Å²) in [6.07, 6.45) is 5.30. The van der Waals surface area contributed by atoms with Crippen molar-refractivity contribution in [2.75, 3.05) is 20.1 Å². The van der Waals surface area contributed by atoms with E-state index in [4.69, 9.17) is 0 Å². The number of para-hydroxylation sites is 1. The zero-order valence-corrected chi connectivity index (χ0v) is 16.3. The highest BCUT2D eigenvalue weighted by atomic mass is 16.3. The van der Waals surface area contributed by atoms with Gasteiger partial charge >= 0.3 is 0 Å². The molecule has 6 nitrogen and oxygen atoms in total. The summed E-state index contributed by atoms with van der Waals surface area (Å²) in [5.74, 6) is 0.792. The molecular formula is C20H31N5O. The fraction of sp³-hybridized carbons (Fsp3) is 0.500. The Morgan fingerprint density at radius 2 is 1.92 bits per heavy atom. The number of hydrogen-bond acceptors (Lipinski definition) is 3. The maximum absolute atomic E-state index is 10.5. The van der Waals surface area contributed by atoms with Crippen molar-refractivity contribution in [3.8, 4) is 5.69 Å². The second kappa shape index (κ2) is 9.38. The van der Waals surface area contributed by atoms with Crippen LogP contribution in [0.15, 0.2) is 47.7 Å². The monoisotopic (exact) mass is 357 g/mol. The number of nitrogens with one attached hydrogen (secondary N) is 1. The van der Waals surface area contributed by atoms with Crippen LogP contribution >= 0.6 is 0 Å². The van der Waals surface area contributed by atoms with Crippen molar-refractivity contribution < 1.29 is 5.11 Å². The molecule has 142 valence electrons. The van der Waals surface area contributed by atoms with Gasteiger partial charge in [-0.1, -0.05) is 32.0 Å². The third-order valence-electron chi connectivity index (χ3n) is 4.61. The Bertz CT molecular complexity index is 691. The van der Waals surface area contributed by atoms with E-state index in [9.17, 15) is 5.11 Å². The number of rotatable bonds is 8. The van der Waals surface area contributed by atoms with E-state index < -0.39 is 5.60 Å². The number of benzene rings is 1. The van der Waals surface area contributed by atoms with Crippen LogP contribution < -0.4 is 5.32 Å². The van der Waals surface area contributed by atoms with E-state index in [1.54, 1.807) is 0 Å². The summed E-state index contributed by atoms with van der Waals surface area (Å²) >= 11 is 0. The lowest BCUT2D eigenvalue weighted by atomic mass is 9.98. The minimum absolute atomic E-state index is 0.399. The van der Waals surface area contributed by atoms with E-state index in [1.807, 2.05) is 75.2 Å². The number of aliphatic imine (C=N–C) groups is 1. The summed E-state index contributed by atoms with van der Waals surface area (Å²) in [7, 11) is 2.00. The third-order valence-corrected chi connectivity index (χ3v) is 4.61. The predicted molar refractivity (Wildman–Crippen MR) is 107 cm³/mol. The molecule has 0 radical (unpaired) electrons. The van der Waals surface area contributed by atoms with Crippen molar-refractivity contribution in [3.05, 3.63) is 48.3 Å². The van der Waals surface area contributed by atoms with Crippen molar-refractivity contribution in [1.82, 2.24) is 20.0 Å². The summed E-state index contributed by atoms with van der Waals surface area (Å²) in [5.41, 5.74) is 1.40. The topological polar surface area (TPSA) is 65.7 Å². The number of guanidine groups is 1. The van der Waals surface area contributed by atoms with Crippen LogP contribution in [0.5, 0.6) is 0 Å². The standard InChI is InChI=1S/C20H31N5O/c1-5-20(26,6-2)16-22-19(21-7-3)24(4)14-17-13-23-25(15-17)18-11-9-8-10-12-18/h8-13,15,26H,5-7,14,16H2,1-4H3,(H,21,22). The number of nitrogens with zero attached hydrogens (tertiary/aromatic N) is 4. The van der Waals surface area contributed by atoms with Gasteiger partial charge in [0.15, 0.2) is 5.96 Å². The molecule has 0 unspecified atom stereocenters. The maximum atomic E-state index is 10.5. The van der Waals surface area contributed by atoms with Crippen LogP contribution in [0.2, 0.25) is 0 Å². The molecule has 26 heavy (non-hydrogen) atoms. The first-order chi connectivity index (χ1) is 12.5. The Morgan fingerprint density at radius 3 is 2.54 bits per heavy atom. The summed E-state index contributed by atoms with van der Waals surface area (Å²) in [5, 5.41) is 18.2. The molecule has 0 saturated carbocycles. The van der Waals surface area contributed by atoms with E-state index in [0.717, 1.165) is 23.8 Å². The molecule has 0 bridgehead atoms. The van der Waals surface area contributed by atoms with E-state index in [2.05, 4.69) is 20.3 Å². The Morgan fingerprint density at radius 1 is 1.23 bits per heavy atom. The van der Waals surface area contributed by atoms with Crippen LogP contribution in [0, 0.1) is 0 Å². The van der Waals surface area contributed by atoms with Crippen molar-refractivity contribution in [1.29, 1.82) is 0 Å². The molecule has 2 N–H and O–H groups in total. The molecule has 2 aromatic rings. The minimum atomic E-state index is -0.736. The molecule has 0 aliphatic rings. The molecule has 0 atom stereocenters. The number of aliphatic hydroxyl groups is 1. The molecule has 1 heterocycles. The molecule has 0 fully saturated rings. The molecule has 2 rings (SSSR count). The molecule has 0 aliphatic heterocycles. The first-order valence-corrected chi connectivity index (χ1v) is 9.32. The second-order valence-electron chi connectivity index (χ2n) is 6.59. The highest BCUT2D eigenvalue weighted by Crippen LogP contribution is 2.15. The van der Waals surface area contributed by atoms with Gasteiger partial charge in [0.05, 0.1) is 24.0 Å². The van der Waals surface area contributed by atoms with E-state index >= 15 is 0 Å². The van der Waals surface area contributed by atoms with Crippen molar-refractivity contribution in [2.24, 2.45) is 4.99 Å². The zero-order valence-electron chi connectivity index (χ0n) is 16.3. The van der Waals surface area contributed by atoms with Gasteiger partial charge in [0.25, 0.3) is 0 Å². The maximum Gasteiger partial charge on any atom is 0.194 e. The first-order valence-electron chi connectivity index (χ1n) is 9.32. The highest BCUT2D eigenvalue weighted by Gasteiger charge is 2.22. The second-order valence-corrected chi connectivity index (χ2v) is 6.59. The van der Waals surface area contributed by atoms with Crippen LogP contribution in [0.3, 0.4) is 0 Å². The van der Waals surface area contributed by atoms with Crippen LogP contribution in [-0.2, 0) is 6.54 Å². The molecule has 0 amide bonds. The van der Waals surface area contributed by atoms with Crippen molar-refractivity contribution in [2.45, 2.75) is 45.8 Å². The lowest BCUT2D eigenvalue weighted by Crippen LogP contribution is -2.40. The largest absolute Gasteiger partial charge is 0.388 e. The Balaban J connectivity index is 2.08. The van der Waals surface area contributed by atoms with Gasteiger partial charge in [0, 0.05) is 31.9 Å². The minimum Gasteiger partial charge on any atom is -0.388 e. The highest BCUT2D eigenvalue weighted by molar-refractivity contribution is 5.79. The summed E-state index contributed by atoms with van der Waals surface area (Å²) in [6.45, 7) is 7.90. The molecule has 0 spiro atoms. The van der Waals surface area contributed by atoms with Gasteiger partial charge in [-0.15, -0.1) is 0 Å². The van der Waals surface area contributed by atoms with Gasteiger partial charge in [-0.05, 0) is 31.9 Å². The quantitative estimate of drug-likeness (QED) is 0.563. The van der Waals surface area contributed by atoms with Gasteiger partial charge in [-0.25, -0.2) is 4.68 Å². The third kappa shape index (κ3) is 5.33. The summed E-state index contributed by atoms with van der Waals surface area (Å²) < 4.78 is 1.88. The molecule has 1 aromatic heterocycles. The van der Waals surface area contributed by atoms with Crippen LogP contribution in [0.4, 0.5) is 0 Å². The average Bonchev–Trinajstić information content (AvgIpc) is 3.14. The lowest BCUT2D eigenvalue weighted by molar-refractivity contribution is 0.0416. The van der Waals surface area contributed by atoms with E-state index in [1.165, 1.54) is 0 Å². The smallest absolute Gasteiger partial charge is 0.194 e. The Labute approximate surface area is 156 Å².